The van der Waals surface area contributed by atoms with Crippen LogP contribution >= 0.6 is 0 Å². The Morgan fingerprint density at radius 1 is 1.07 bits per heavy atom. The lowest BCUT2D eigenvalue weighted by Crippen LogP contribution is -2.50. The molecule has 1 aromatic heterocycles. The molecule has 1 aromatic carbocycles. The third-order valence-corrected chi connectivity index (χ3v) is 7.20. The van der Waals surface area contributed by atoms with Gasteiger partial charge in [-0.2, -0.15) is 9.40 Å². The van der Waals surface area contributed by atoms with Gasteiger partial charge < -0.3 is 4.90 Å². The van der Waals surface area contributed by atoms with E-state index in [1.165, 1.54) is 15.3 Å². The second kappa shape index (κ2) is 7.83. The summed E-state index contributed by atoms with van der Waals surface area (Å²) in [7, 11) is -3.80. The van der Waals surface area contributed by atoms with E-state index in [2.05, 4.69) is 5.10 Å². The molecule has 1 amide bonds. The third-order valence-electron chi connectivity index (χ3n) is 5.05. The van der Waals surface area contributed by atoms with Crippen LogP contribution in [0.3, 0.4) is 0 Å². The number of hydrogen-bond donors (Lipinski definition) is 0. The molecule has 1 aliphatic heterocycles. The first kappa shape index (κ1) is 21.4. The third kappa shape index (κ3) is 3.78. The van der Waals surface area contributed by atoms with Gasteiger partial charge in [-0.05, 0) is 39.8 Å². The van der Waals surface area contributed by atoms with Gasteiger partial charge in [0.25, 0.3) is 5.91 Å². The number of carbonyl (C=O) groups excluding carboxylic acids is 1. The molecule has 2 heterocycles. The van der Waals surface area contributed by atoms with Gasteiger partial charge in [-0.25, -0.2) is 17.2 Å². The predicted molar refractivity (Wildman–Crippen MR) is 103 cm³/mol. The van der Waals surface area contributed by atoms with Crippen LogP contribution in [0.15, 0.2) is 23.1 Å². The minimum atomic E-state index is -3.80. The Morgan fingerprint density at radius 2 is 1.62 bits per heavy atom. The summed E-state index contributed by atoms with van der Waals surface area (Å²) in [6.07, 6.45) is 0. The molecule has 0 radical (unpaired) electrons. The van der Waals surface area contributed by atoms with Crippen molar-refractivity contribution in [2.45, 2.75) is 38.6 Å². The van der Waals surface area contributed by atoms with Crippen LogP contribution in [0.4, 0.5) is 8.78 Å². The SMILES string of the molecule is Cc1nn(C(C)C)c(C)c1S(=O)(=O)N1CCN(C(=O)c2c(F)cccc2F)CC1. The molecule has 2 aromatic rings. The molecule has 1 saturated heterocycles. The van der Waals surface area contributed by atoms with E-state index in [9.17, 15) is 22.0 Å². The maximum Gasteiger partial charge on any atom is 0.259 e. The van der Waals surface area contributed by atoms with E-state index >= 15 is 0 Å². The van der Waals surface area contributed by atoms with Gasteiger partial charge in [-0.3, -0.25) is 9.48 Å². The number of hydrogen-bond acceptors (Lipinski definition) is 4. The number of benzene rings is 1. The van der Waals surface area contributed by atoms with Crippen molar-refractivity contribution in [2.24, 2.45) is 0 Å². The van der Waals surface area contributed by atoms with Crippen LogP contribution in [0.2, 0.25) is 0 Å². The van der Waals surface area contributed by atoms with Crippen molar-refractivity contribution < 1.29 is 22.0 Å². The molecule has 158 valence electrons. The quantitative estimate of drug-likeness (QED) is 0.753. The molecule has 0 bridgehead atoms. The molecule has 0 spiro atoms. The first-order valence-electron chi connectivity index (χ1n) is 9.34. The highest BCUT2D eigenvalue weighted by atomic mass is 32.2. The summed E-state index contributed by atoms with van der Waals surface area (Å²) < 4.78 is 57.1. The van der Waals surface area contributed by atoms with Gasteiger partial charge in [-0.15, -0.1) is 0 Å². The van der Waals surface area contributed by atoms with Crippen molar-refractivity contribution in [1.82, 2.24) is 19.0 Å². The molecule has 10 heteroatoms. The minimum Gasteiger partial charge on any atom is -0.336 e. The maximum atomic E-state index is 13.9. The fourth-order valence-corrected chi connectivity index (χ4v) is 5.43. The molecule has 0 aliphatic carbocycles. The van der Waals surface area contributed by atoms with Gasteiger partial charge in [0.05, 0.1) is 11.4 Å². The summed E-state index contributed by atoms with van der Waals surface area (Å²) >= 11 is 0. The summed E-state index contributed by atoms with van der Waals surface area (Å²) in [5.74, 6) is -2.65. The molecular weight excluding hydrogens is 402 g/mol. The Hall–Kier alpha value is -2.33. The van der Waals surface area contributed by atoms with Crippen molar-refractivity contribution in [2.75, 3.05) is 26.2 Å². The lowest BCUT2D eigenvalue weighted by Gasteiger charge is -2.34. The molecule has 0 unspecified atom stereocenters. The van der Waals surface area contributed by atoms with E-state index in [0.717, 1.165) is 12.1 Å². The van der Waals surface area contributed by atoms with E-state index < -0.39 is 33.1 Å². The molecule has 0 saturated carbocycles. The topological polar surface area (TPSA) is 75.5 Å². The highest BCUT2D eigenvalue weighted by Crippen LogP contribution is 2.26. The number of aryl methyl sites for hydroxylation is 1. The van der Waals surface area contributed by atoms with E-state index in [-0.39, 0.29) is 37.1 Å². The molecular formula is C19H24F2N4O3S. The van der Waals surface area contributed by atoms with Gasteiger partial charge in [0.1, 0.15) is 22.1 Å². The van der Waals surface area contributed by atoms with Crippen LogP contribution in [0.5, 0.6) is 0 Å². The van der Waals surface area contributed by atoms with Gasteiger partial charge in [0.2, 0.25) is 10.0 Å². The summed E-state index contributed by atoms with van der Waals surface area (Å²) in [5.41, 5.74) is 0.362. The highest BCUT2D eigenvalue weighted by molar-refractivity contribution is 7.89. The number of carbonyl (C=O) groups is 1. The first-order chi connectivity index (χ1) is 13.6. The van der Waals surface area contributed by atoms with Crippen molar-refractivity contribution in [3.05, 3.63) is 46.8 Å². The zero-order valence-electron chi connectivity index (χ0n) is 16.8. The lowest BCUT2D eigenvalue weighted by atomic mass is 10.1. The summed E-state index contributed by atoms with van der Waals surface area (Å²) in [6, 6.07) is 3.25. The zero-order valence-corrected chi connectivity index (χ0v) is 17.6. The number of piperazine rings is 1. The largest absolute Gasteiger partial charge is 0.336 e. The van der Waals surface area contributed by atoms with E-state index in [1.807, 2.05) is 13.8 Å². The van der Waals surface area contributed by atoms with Crippen LogP contribution in [0, 0.1) is 25.5 Å². The van der Waals surface area contributed by atoms with Crippen LogP contribution in [0.1, 0.15) is 41.6 Å². The van der Waals surface area contributed by atoms with Crippen molar-refractivity contribution in [3.8, 4) is 0 Å². The van der Waals surface area contributed by atoms with Crippen LogP contribution < -0.4 is 0 Å². The summed E-state index contributed by atoms with van der Waals surface area (Å²) in [6.45, 7) is 7.37. The van der Waals surface area contributed by atoms with Crippen LogP contribution in [0.25, 0.3) is 0 Å². The number of rotatable bonds is 4. The Morgan fingerprint density at radius 3 is 2.10 bits per heavy atom. The maximum absolute atomic E-state index is 13.9. The molecule has 0 N–H and O–H groups in total. The number of amides is 1. The van der Waals surface area contributed by atoms with Gasteiger partial charge in [-0.1, -0.05) is 6.07 Å². The average molecular weight is 426 g/mol. The molecule has 1 fully saturated rings. The zero-order chi connectivity index (χ0) is 21.5. The van der Waals surface area contributed by atoms with Gasteiger partial charge in [0, 0.05) is 32.2 Å². The molecule has 7 nitrogen and oxygen atoms in total. The normalized spacial score (nSPS) is 15.9. The highest BCUT2D eigenvalue weighted by Gasteiger charge is 2.35. The Balaban J connectivity index is 1.80. The molecule has 3 rings (SSSR count). The first-order valence-corrected chi connectivity index (χ1v) is 10.8. The predicted octanol–water partition coefficient (Wildman–Crippen LogP) is 2.51. The number of sulfonamides is 1. The fourth-order valence-electron chi connectivity index (χ4n) is 3.64. The van der Waals surface area contributed by atoms with E-state index in [4.69, 9.17) is 0 Å². The standard InChI is InChI=1S/C19H24F2N4O3S/c1-12(2)25-14(4)18(13(3)22-25)29(27,28)24-10-8-23(9-11-24)19(26)17-15(20)6-5-7-16(17)21/h5-7,12H,8-11H2,1-4H3. The molecule has 0 atom stereocenters. The minimum absolute atomic E-state index is 0.0165. The smallest absolute Gasteiger partial charge is 0.259 e. The van der Waals surface area contributed by atoms with E-state index in [0.29, 0.717) is 11.4 Å². The Labute approximate surface area is 169 Å². The van der Waals surface area contributed by atoms with Crippen LogP contribution in [-0.4, -0.2) is 59.5 Å². The lowest BCUT2D eigenvalue weighted by molar-refractivity contribution is 0.0688. The van der Waals surface area contributed by atoms with Crippen LogP contribution in [-0.2, 0) is 10.0 Å². The van der Waals surface area contributed by atoms with Crippen molar-refractivity contribution >= 4 is 15.9 Å². The number of aromatic nitrogens is 2. The van der Waals surface area contributed by atoms with Crippen molar-refractivity contribution in [3.63, 3.8) is 0 Å². The van der Waals surface area contributed by atoms with Crippen molar-refractivity contribution in [1.29, 1.82) is 0 Å². The van der Waals surface area contributed by atoms with E-state index in [1.54, 1.807) is 18.5 Å². The second-order valence-electron chi connectivity index (χ2n) is 7.33. The number of halogens is 2. The molecule has 1 aliphatic rings. The monoisotopic (exact) mass is 426 g/mol. The number of nitrogens with zero attached hydrogens (tertiary/aromatic N) is 4. The summed E-state index contributed by atoms with van der Waals surface area (Å²) in [4.78, 5) is 14.0. The molecule has 29 heavy (non-hydrogen) atoms. The van der Waals surface area contributed by atoms with Gasteiger partial charge >= 0.3 is 0 Å². The van der Waals surface area contributed by atoms with Gasteiger partial charge in [0.15, 0.2) is 0 Å². The Kier molecular flexibility index (Phi) is 5.77. The second-order valence-corrected chi connectivity index (χ2v) is 9.21. The Bertz CT molecular complexity index is 1020. The average Bonchev–Trinajstić information content (AvgIpc) is 2.96. The summed E-state index contributed by atoms with van der Waals surface area (Å²) in [5, 5.41) is 4.34. The fraction of sp³-hybridized carbons (Fsp3) is 0.474.